The Bertz CT molecular complexity index is 1020. The van der Waals surface area contributed by atoms with Crippen molar-refractivity contribution >= 4 is 5.91 Å². The summed E-state index contributed by atoms with van der Waals surface area (Å²) in [7, 11) is 3.30. The van der Waals surface area contributed by atoms with Crippen molar-refractivity contribution in [3.8, 4) is 17.2 Å². The average Bonchev–Trinajstić information content (AvgIpc) is 3.29. The Kier molecular flexibility index (Phi) is 5.94. The Hall–Kier alpha value is -3.39. The second-order valence-corrected chi connectivity index (χ2v) is 7.11. The van der Waals surface area contributed by atoms with Crippen molar-refractivity contribution in [2.75, 3.05) is 33.9 Å². The van der Waals surface area contributed by atoms with Crippen LogP contribution in [-0.4, -0.2) is 59.7 Å². The molecule has 8 heteroatoms. The lowest BCUT2D eigenvalue weighted by Crippen LogP contribution is -2.38. The predicted octanol–water partition coefficient (Wildman–Crippen LogP) is 2.07. The van der Waals surface area contributed by atoms with Crippen LogP contribution in [0.5, 0.6) is 11.5 Å². The molecule has 4 rings (SSSR count). The monoisotopic (exact) mass is 407 g/mol. The second kappa shape index (κ2) is 8.96. The topological polar surface area (TPSA) is 81.5 Å². The van der Waals surface area contributed by atoms with E-state index in [1.807, 2.05) is 36.4 Å². The minimum Gasteiger partial charge on any atom is -0.493 e. The molecule has 3 aromatic rings. The largest absolute Gasteiger partial charge is 0.493 e. The van der Waals surface area contributed by atoms with Gasteiger partial charge in [-0.05, 0) is 41.8 Å². The number of para-hydroxylation sites is 1. The summed E-state index contributed by atoms with van der Waals surface area (Å²) in [5, 5.41) is 11.4. The number of hydrogen-bond donors (Lipinski definition) is 1. The highest BCUT2D eigenvalue weighted by molar-refractivity contribution is 5.91. The molecule has 2 aromatic carbocycles. The number of benzene rings is 2. The number of carbonyl (C=O) groups is 1. The Morgan fingerprint density at radius 3 is 2.57 bits per heavy atom. The third kappa shape index (κ3) is 4.28. The van der Waals surface area contributed by atoms with Gasteiger partial charge in [-0.15, -0.1) is 5.10 Å². The van der Waals surface area contributed by atoms with E-state index in [9.17, 15) is 4.79 Å². The summed E-state index contributed by atoms with van der Waals surface area (Å²) in [5.74, 6) is 1.29. The van der Waals surface area contributed by atoms with Gasteiger partial charge in [0.05, 0.1) is 26.1 Å². The van der Waals surface area contributed by atoms with Crippen LogP contribution in [0.3, 0.4) is 0 Å². The van der Waals surface area contributed by atoms with Crippen LogP contribution < -0.4 is 14.8 Å². The Morgan fingerprint density at radius 2 is 1.83 bits per heavy atom. The summed E-state index contributed by atoms with van der Waals surface area (Å²) < 4.78 is 10.8. The Balaban J connectivity index is 1.31. The number of fused-ring (bicyclic) bond motifs is 1. The van der Waals surface area contributed by atoms with Gasteiger partial charge in [0.1, 0.15) is 0 Å². The highest BCUT2D eigenvalue weighted by atomic mass is 16.5. The number of methoxy groups -OCH3 is 2. The third-order valence-corrected chi connectivity index (χ3v) is 5.22. The summed E-state index contributed by atoms with van der Waals surface area (Å²) in [6, 6.07) is 13.6. The Labute approximate surface area is 175 Å². The molecule has 0 aliphatic carbocycles. The molecular formula is C22H25N5O3. The van der Waals surface area contributed by atoms with Crippen LogP contribution in [0.15, 0.2) is 48.7 Å². The molecule has 2 heterocycles. The van der Waals surface area contributed by atoms with Crippen molar-refractivity contribution in [2.24, 2.45) is 0 Å². The third-order valence-electron chi connectivity index (χ3n) is 5.22. The first kappa shape index (κ1) is 19.9. The first-order chi connectivity index (χ1) is 14.7. The molecule has 0 unspecified atom stereocenters. The van der Waals surface area contributed by atoms with E-state index < -0.39 is 0 Å². The number of ether oxygens (including phenoxy) is 2. The quantitative estimate of drug-likeness (QED) is 0.646. The number of hydrogen-bond acceptors (Lipinski definition) is 6. The lowest BCUT2D eigenvalue weighted by molar-refractivity contribution is 0.0942. The Morgan fingerprint density at radius 1 is 1.10 bits per heavy atom. The van der Waals surface area contributed by atoms with Gasteiger partial charge in [0.15, 0.2) is 17.2 Å². The highest BCUT2D eigenvalue weighted by Crippen LogP contribution is 2.33. The van der Waals surface area contributed by atoms with Gasteiger partial charge in [-0.3, -0.25) is 9.69 Å². The molecule has 8 nitrogen and oxygen atoms in total. The number of amides is 1. The highest BCUT2D eigenvalue weighted by Gasteiger charge is 2.19. The molecule has 0 saturated carbocycles. The number of nitrogens with zero attached hydrogens (tertiary/aromatic N) is 4. The zero-order valence-electron chi connectivity index (χ0n) is 17.2. The molecule has 1 N–H and O–H groups in total. The van der Waals surface area contributed by atoms with Crippen molar-refractivity contribution in [3.05, 3.63) is 65.5 Å². The zero-order chi connectivity index (χ0) is 20.9. The molecule has 0 radical (unpaired) electrons. The molecule has 1 amide bonds. The smallest absolute Gasteiger partial charge is 0.273 e. The van der Waals surface area contributed by atoms with Crippen LogP contribution in [-0.2, 0) is 13.0 Å². The van der Waals surface area contributed by atoms with E-state index in [1.54, 1.807) is 14.2 Å². The van der Waals surface area contributed by atoms with Crippen LogP contribution in [0.4, 0.5) is 0 Å². The lowest BCUT2D eigenvalue weighted by Gasteiger charge is -2.29. The minimum absolute atomic E-state index is 0.221. The molecule has 0 saturated heterocycles. The van der Waals surface area contributed by atoms with Gasteiger partial charge in [-0.2, -0.15) is 9.90 Å². The standard InChI is InChI=1S/C22H25N5O3/c1-29-20-12-16-8-10-26(15-17(16)13-21(20)30-2)11-9-23-22(28)19-14-24-27(25-19)18-6-4-3-5-7-18/h3-7,12-14H,8-11,15H2,1-2H3,(H,23,28). The fraction of sp³-hybridized carbons (Fsp3) is 0.318. The van der Waals surface area contributed by atoms with Gasteiger partial charge in [0.25, 0.3) is 5.91 Å². The molecule has 156 valence electrons. The summed E-state index contributed by atoms with van der Waals surface area (Å²) >= 11 is 0. The number of nitrogens with one attached hydrogen (secondary N) is 1. The van der Waals surface area contributed by atoms with E-state index in [2.05, 4.69) is 26.5 Å². The molecule has 30 heavy (non-hydrogen) atoms. The fourth-order valence-electron chi connectivity index (χ4n) is 3.60. The summed E-state index contributed by atoms with van der Waals surface area (Å²) in [6.07, 6.45) is 2.42. The SMILES string of the molecule is COc1cc2c(cc1OC)CN(CCNC(=O)c1cnn(-c3ccccc3)n1)CC2. The normalized spacial score (nSPS) is 13.5. The predicted molar refractivity (Wildman–Crippen MR) is 112 cm³/mol. The molecule has 0 atom stereocenters. The van der Waals surface area contributed by atoms with E-state index in [0.717, 1.165) is 43.2 Å². The van der Waals surface area contributed by atoms with Gasteiger partial charge < -0.3 is 14.8 Å². The van der Waals surface area contributed by atoms with Crippen LogP contribution in [0.1, 0.15) is 21.6 Å². The van der Waals surface area contributed by atoms with Crippen molar-refractivity contribution < 1.29 is 14.3 Å². The zero-order valence-corrected chi connectivity index (χ0v) is 17.2. The van der Waals surface area contributed by atoms with Gasteiger partial charge in [0.2, 0.25) is 0 Å². The summed E-state index contributed by atoms with van der Waals surface area (Å²) in [5.41, 5.74) is 3.64. The molecule has 0 spiro atoms. The van der Waals surface area contributed by atoms with Crippen LogP contribution >= 0.6 is 0 Å². The number of rotatable bonds is 7. The maximum atomic E-state index is 12.4. The van der Waals surface area contributed by atoms with Gasteiger partial charge in [-0.1, -0.05) is 18.2 Å². The molecular weight excluding hydrogens is 382 g/mol. The summed E-state index contributed by atoms with van der Waals surface area (Å²) in [4.78, 5) is 16.2. The first-order valence-electron chi connectivity index (χ1n) is 9.90. The molecule has 0 bridgehead atoms. The minimum atomic E-state index is -0.221. The first-order valence-corrected chi connectivity index (χ1v) is 9.90. The number of carbonyl (C=O) groups excluding carboxylic acids is 1. The average molecular weight is 407 g/mol. The van der Waals surface area contributed by atoms with Crippen molar-refractivity contribution in [2.45, 2.75) is 13.0 Å². The van der Waals surface area contributed by atoms with E-state index in [-0.39, 0.29) is 5.91 Å². The van der Waals surface area contributed by atoms with E-state index in [1.165, 1.54) is 22.1 Å². The van der Waals surface area contributed by atoms with Crippen molar-refractivity contribution in [1.82, 2.24) is 25.2 Å². The molecule has 1 aromatic heterocycles. The van der Waals surface area contributed by atoms with Crippen LogP contribution in [0.25, 0.3) is 5.69 Å². The maximum Gasteiger partial charge on any atom is 0.273 e. The van der Waals surface area contributed by atoms with Crippen LogP contribution in [0.2, 0.25) is 0 Å². The molecule has 1 aliphatic rings. The molecule has 1 aliphatic heterocycles. The second-order valence-electron chi connectivity index (χ2n) is 7.11. The van der Waals surface area contributed by atoms with Gasteiger partial charge >= 0.3 is 0 Å². The van der Waals surface area contributed by atoms with E-state index >= 15 is 0 Å². The van der Waals surface area contributed by atoms with Gasteiger partial charge in [-0.25, -0.2) is 0 Å². The maximum absolute atomic E-state index is 12.4. The fourth-order valence-corrected chi connectivity index (χ4v) is 3.60. The van der Waals surface area contributed by atoms with Gasteiger partial charge in [0, 0.05) is 26.2 Å². The number of aromatic nitrogens is 3. The summed E-state index contributed by atoms with van der Waals surface area (Å²) in [6.45, 7) is 3.05. The van der Waals surface area contributed by atoms with Crippen molar-refractivity contribution in [3.63, 3.8) is 0 Å². The molecule has 0 fully saturated rings. The van der Waals surface area contributed by atoms with E-state index in [0.29, 0.717) is 12.2 Å². The lowest BCUT2D eigenvalue weighted by atomic mass is 9.99. The van der Waals surface area contributed by atoms with E-state index in [4.69, 9.17) is 9.47 Å². The van der Waals surface area contributed by atoms with Crippen molar-refractivity contribution in [1.29, 1.82) is 0 Å². The van der Waals surface area contributed by atoms with Crippen LogP contribution in [0, 0.1) is 0 Å².